The fourth-order valence-electron chi connectivity index (χ4n) is 7.86. The minimum Gasteiger partial charge on any atom is -0.453 e. The maximum absolute atomic E-state index is 6.34. The Kier molecular flexibility index (Phi) is 5.41. The summed E-state index contributed by atoms with van der Waals surface area (Å²) in [7, 11) is 2.13. The number of hydrogen-bond acceptors (Lipinski definition) is 2. The van der Waals surface area contributed by atoms with Crippen LogP contribution in [0.15, 0.2) is 127 Å². The van der Waals surface area contributed by atoms with Gasteiger partial charge in [0.1, 0.15) is 0 Å². The number of benzene rings is 7. The average molecular weight is 580 g/mol. The summed E-state index contributed by atoms with van der Waals surface area (Å²) in [5.41, 5.74) is 13.9. The quantitative estimate of drug-likeness (QED) is 0.189. The molecule has 7 aromatic carbocycles. The Hall–Kier alpha value is -5.34. The monoisotopic (exact) mass is 579 g/mol. The summed E-state index contributed by atoms with van der Waals surface area (Å²) in [5, 5.41) is 5.07. The van der Waals surface area contributed by atoms with Crippen molar-refractivity contribution in [1.82, 2.24) is 0 Å². The van der Waals surface area contributed by atoms with E-state index in [4.69, 9.17) is 4.74 Å². The molecule has 0 aromatic heterocycles. The second-order valence-corrected chi connectivity index (χ2v) is 13.1. The largest absolute Gasteiger partial charge is 0.453 e. The van der Waals surface area contributed by atoms with E-state index in [1.807, 2.05) is 12.1 Å². The van der Waals surface area contributed by atoms with Gasteiger partial charge in [0, 0.05) is 12.5 Å². The average Bonchev–Trinajstić information content (AvgIpc) is 3.29. The molecule has 45 heavy (non-hydrogen) atoms. The molecule has 2 nitrogen and oxygen atoms in total. The molecule has 0 spiro atoms. The van der Waals surface area contributed by atoms with Gasteiger partial charge in [-0.25, -0.2) is 0 Å². The van der Waals surface area contributed by atoms with Crippen LogP contribution in [0.5, 0.6) is 11.5 Å². The molecule has 1 heterocycles. The fourth-order valence-corrected chi connectivity index (χ4v) is 7.86. The van der Waals surface area contributed by atoms with E-state index in [0.29, 0.717) is 0 Å². The molecule has 0 saturated heterocycles. The van der Waals surface area contributed by atoms with Crippen LogP contribution in [0.25, 0.3) is 54.9 Å². The smallest absolute Gasteiger partial charge is 0.151 e. The molecule has 9 rings (SSSR count). The summed E-state index contributed by atoms with van der Waals surface area (Å²) in [6, 6.07) is 46.8. The van der Waals surface area contributed by atoms with Crippen LogP contribution >= 0.6 is 0 Å². The molecule has 0 atom stereocenters. The molecule has 2 heteroatoms. The summed E-state index contributed by atoms with van der Waals surface area (Å²) in [5.74, 6) is 1.76. The van der Waals surface area contributed by atoms with Gasteiger partial charge in [0.2, 0.25) is 0 Å². The van der Waals surface area contributed by atoms with E-state index in [-0.39, 0.29) is 5.41 Å². The molecule has 2 aliphatic rings. The van der Waals surface area contributed by atoms with Crippen molar-refractivity contribution >= 4 is 32.9 Å². The molecule has 0 N–H and O–H groups in total. The zero-order chi connectivity index (χ0) is 30.4. The molecule has 216 valence electrons. The van der Waals surface area contributed by atoms with Crippen molar-refractivity contribution in [3.05, 3.63) is 144 Å². The van der Waals surface area contributed by atoms with Crippen molar-refractivity contribution in [2.45, 2.75) is 26.2 Å². The standard InChI is InChI=1S/C43H33NO/c1-26-17-20-33-34(23-26)42(28-19-22-40-38(25-28)44(4)37-15-9-10-16-39(37)45-40)32-13-6-5-12-31(32)41(33)27-18-21-30-29-11-7-8-14-35(29)43(2,3)36(30)24-27/h5-25H,1-4H3. The van der Waals surface area contributed by atoms with Crippen molar-refractivity contribution in [3.63, 3.8) is 0 Å². The van der Waals surface area contributed by atoms with Gasteiger partial charge in [-0.05, 0) is 103 Å². The Morgan fingerprint density at radius 3 is 1.98 bits per heavy atom. The van der Waals surface area contributed by atoms with Crippen LogP contribution in [0.2, 0.25) is 0 Å². The van der Waals surface area contributed by atoms with E-state index in [0.717, 1.165) is 22.9 Å². The van der Waals surface area contributed by atoms with Gasteiger partial charge in [0.05, 0.1) is 11.4 Å². The molecule has 1 aliphatic carbocycles. The predicted octanol–water partition coefficient (Wildman–Crippen LogP) is 11.8. The molecule has 7 aromatic rings. The minimum absolute atomic E-state index is 0.0556. The number of hydrogen-bond donors (Lipinski definition) is 0. The molecule has 0 saturated carbocycles. The van der Waals surface area contributed by atoms with E-state index in [1.165, 1.54) is 71.6 Å². The van der Waals surface area contributed by atoms with E-state index in [9.17, 15) is 0 Å². The maximum Gasteiger partial charge on any atom is 0.151 e. The van der Waals surface area contributed by atoms with Gasteiger partial charge < -0.3 is 9.64 Å². The molecule has 0 unspecified atom stereocenters. The summed E-state index contributed by atoms with van der Waals surface area (Å²) < 4.78 is 6.34. The highest BCUT2D eigenvalue weighted by molar-refractivity contribution is 6.21. The third-order valence-corrected chi connectivity index (χ3v) is 10.1. The van der Waals surface area contributed by atoms with Crippen molar-refractivity contribution in [3.8, 4) is 44.9 Å². The molecule has 0 bridgehead atoms. The van der Waals surface area contributed by atoms with E-state index in [1.54, 1.807) is 0 Å². The molecule has 0 fully saturated rings. The van der Waals surface area contributed by atoms with Crippen molar-refractivity contribution in [2.75, 3.05) is 11.9 Å². The summed E-state index contributed by atoms with van der Waals surface area (Å²) in [6.07, 6.45) is 0. The zero-order valence-corrected chi connectivity index (χ0v) is 26.0. The molecular weight excluding hydrogens is 546 g/mol. The van der Waals surface area contributed by atoms with Crippen LogP contribution < -0.4 is 9.64 Å². The highest BCUT2D eigenvalue weighted by Crippen LogP contribution is 2.52. The Morgan fingerprint density at radius 2 is 1.13 bits per heavy atom. The predicted molar refractivity (Wildman–Crippen MR) is 189 cm³/mol. The normalized spacial score (nSPS) is 14.1. The van der Waals surface area contributed by atoms with E-state index >= 15 is 0 Å². The maximum atomic E-state index is 6.34. The van der Waals surface area contributed by atoms with Gasteiger partial charge in [0.25, 0.3) is 0 Å². The first-order chi connectivity index (χ1) is 21.9. The van der Waals surface area contributed by atoms with Gasteiger partial charge in [-0.3, -0.25) is 0 Å². The lowest BCUT2D eigenvalue weighted by Gasteiger charge is -2.30. The number of nitrogens with zero attached hydrogens (tertiary/aromatic N) is 1. The van der Waals surface area contributed by atoms with E-state index < -0.39 is 0 Å². The molecule has 1 aliphatic heterocycles. The Morgan fingerprint density at radius 1 is 0.511 bits per heavy atom. The lowest BCUT2D eigenvalue weighted by molar-refractivity contribution is 0.475. The van der Waals surface area contributed by atoms with Crippen molar-refractivity contribution < 1.29 is 4.74 Å². The second kappa shape index (κ2) is 9.33. The lowest BCUT2D eigenvalue weighted by atomic mass is 9.80. The third kappa shape index (κ3) is 3.69. The van der Waals surface area contributed by atoms with Gasteiger partial charge in [-0.1, -0.05) is 116 Å². The van der Waals surface area contributed by atoms with Gasteiger partial charge in [-0.15, -0.1) is 0 Å². The Labute approximate surface area is 264 Å². The molecule has 0 radical (unpaired) electrons. The first-order valence-electron chi connectivity index (χ1n) is 15.7. The molecular formula is C43H33NO. The van der Waals surface area contributed by atoms with Crippen molar-refractivity contribution in [2.24, 2.45) is 0 Å². The number of ether oxygens (including phenoxy) is 1. The first kappa shape index (κ1) is 26.1. The molecule has 0 amide bonds. The highest BCUT2D eigenvalue weighted by Gasteiger charge is 2.35. The number of rotatable bonds is 2. The van der Waals surface area contributed by atoms with Gasteiger partial charge in [-0.2, -0.15) is 0 Å². The number of anilines is 2. The Bertz CT molecular complexity index is 2360. The lowest BCUT2D eigenvalue weighted by Crippen LogP contribution is -2.15. The van der Waals surface area contributed by atoms with E-state index in [2.05, 4.69) is 148 Å². The van der Waals surface area contributed by atoms with Crippen molar-refractivity contribution in [1.29, 1.82) is 0 Å². The van der Waals surface area contributed by atoms with Crippen LogP contribution in [-0.4, -0.2) is 7.05 Å². The van der Waals surface area contributed by atoms with Crippen LogP contribution in [-0.2, 0) is 5.41 Å². The number of para-hydroxylation sites is 2. The van der Waals surface area contributed by atoms with Gasteiger partial charge in [0.15, 0.2) is 11.5 Å². The summed E-state index contributed by atoms with van der Waals surface area (Å²) in [6.45, 7) is 6.91. The van der Waals surface area contributed by atoms with Gasteiger partial charge >= 0.3 is 0 Å². The van der Waals surface area contributed by atoms with Crippen LogP contribution in [0, 0.1) is 6.92 Å². The summed E-state index contributed by atoms with van der Waals surface area (Å²) in [4.78, 5) is 2.24. The highest BCUT2D eigenvalue weighted by atomic mass is 16.5. The van der Waals surface area contributed by atoms with Crippen LogP contribution in [0.1, 0.15) is 30.5 Å². The first-order valence-corrected chi connectivity index (χ1v) is 15.7. The minimum atomic E-state index is -0.0556. The summed E-state index contributed by atoms with van der Waals surface area (Å²) >= 11 is 0. The SMILES string of the molecule is Cc1ccc2c(-c3ccc4c(c3)C(C)(C)c3ccccc3-4)c3ccccc3c(-c3ccc4c(c3)N(C)c3ccccc3O4)c2c1. The zero-order valence-electron chi connectivity index (χ0n) is 26.0. The Balaban J connectivity index is 1.30. The van der Waals surface area contributed by atoms with Crippen LogP contribution in [0.3, 0.4) is 0 Å². The second-order valence-electron chi connectivity index (χ2n) is 13.1. The fraction of sp³-hybridized carbons (Fsp3) is 0.116. The van der Waals surface area contributed by atoms with Crippen LogP contribution in [0.4, 0.5) is 11.4 Å². The topological polar surface area (TPSA) is 12.5 Å². The number of fused-ring (bicyclic) bond motifs is 7. The third-order valence-electron chi connectivity index (χ3n) is 10.1. The number of aryl methyl sites for hydroxylation is 1.